The van der Waals surface area contributed by atoms with Crippen LogP contribution in [0.1, 0.15) is 89.2 Å². The Bertz CT molecular complexity index is 1570. The first-order valence-corrected chi connectivity index (χ1v) is 20.5. The molecule has 0 atom stereocenters. The quantitative estimate of drug-likeness (QED) is 0.0271. The van der Waals surface area contributed by atoms with E-state index in [0.29, 0.717) is 26.1 Å². The van der Waals surface area contributed by atoms with Gasteiger partial charge in [0.1, 0.15) is 11.5 Å². The number of ether oxygens (including phenoxy) is 2. The third-order valence-electron chi connectivity index (χ3n) is 8.36. The minimum absolute atomic E-state index is 0. The number of nitrogens with zero attached hydrogens (tertiary/aromatic N) is 4. The van der Waals surface area contributed by atoms with Crippen LogP contribution in [0.15, 0.2) is 118 Å². The Morgan fingerprint density at radius 1 is 0.463 bits per heavy atom. The van der Waals surface area contributed by atoms with Gasteiger partial charge in [-0.3, -0.25) is 4.57 Å². The molecule has 0 heterocycles. The largest absolute Gasteiger partial charge is 1.00 e. The summed E-state index contributed by atoms with van der Waals surface area (Å²) in [6, 6.07) is 31.3. The van der Waals surface area contributed by atoms with Crippen LogP contribution in [-0.2, 0) is 26.5 Å². The molecule has 0 unspecified atom stereocenters. The second kappa shape index (κ2) is 26.6. The van der Waals surface area contributed by atoms with Gasteiger partial charge >= 0.3 is 29.6 Å². The van der Waals surface area contributed by atoms with Crippen molar-refractivity contribution in [3.05, 3.63) is 108 Å². The Morgan fingerprint density at radius 3 is 1.11 bits per heavy atom. The van der Waals surface area contributed by atoms with Crippen molar-refractivity contribution < 1.29 is 57.5 Å². The SMILES string of the molecule is CCCCc1ccc(N=Nc2ccc(OCCCCCOP(=O)([O-])OCCCCCOc3ccc(N=Nc4ccc(CCCC)cc4)cc3)cc2)cc1.[Na+]. The molecule has 0 aliphatic heterocycles. The summed E-state index contributed by atoms with van der Waals surface area (Å²) in [7, 11) is -4.32. The predicted octanol–water partition coefficient (Wildman–Crippen LogP) is 9.51. The van der Waals surface area contributed by atoms with Crippen LogP contribution in [0.5, 0.6) is 11.5 Å². The summed E-state index contributed by atoms with van der Waals surface area (Å²) in [5, 5.41) is 17.3. The number of phosphoric acid groups is 1. The molecule has 10 nitrogen and oxygen atoms in total. The van der Waals surface area contributed by atoms with E-state index in [1.807, 2.05) is 72.8 Å². The third kappa shape index (κ3) is 18.9. The molecule has 12 heteroatoms. The molecule has 4 rings (SSSR count). The van der Waals surface area contributed by atoms with Crippen molar-refractivity contribution in [2.75, 3.05) is 26.4 Å². The molecule has 0 saturated heterocycles. The van der Waals surface area contributed by atoms with E-state index in [1.54, 1.807) is 0 Å². The number of hydrogen-bond acceptors (Lipinski definition) is 10. The van der Waals surface area contributed by atoms with E-state index in [1.165, 1.54) is 36.8 Å². The van der Waals surface area contributed by atoms with Gasteiger partial charge in [-0.1, -0.05) is 51.0 Å². The first-order valence-electron chi connectivity index (χ1n) is 19.0. The molecule has 4 aromatic carbocycles. The summed E-state index contributed by atoms with van der Waals surface area (Å²) < 4.78 is 33.7. The van der Waals surface area contributed by atoms with E-state index in [9.17, 15) is 9.46 Å². The smallest absolute Gasteiger partial charge is 0.756 e. The van der Waals surface area contributed by atoms with Crippen LogP contribution >= 0.6 is 7.82 Å². The number of benzene rings is 4. The van der Waals surface area contributed by atoms with Gasteiger partial charge in [0.2, 0.25) is 0 Å². The van der Waals surface area contributed by atoms with Crippen molar-refractivity contribution in [1.29, 1.82) is 0 Å². The predicted molar refractivity (Wildman–Crippen MR) is 210 cm³/mol. The average Bonchev–Trinajstić information content (AvgIpc) is 3.18. The molecular formula is C42H54N4NaO6P. The Morgan fingerprint density at radius 2 is 0.778 bits per heavy atom. The first kappa shape index (κ1) is 45.2. The molecule has 0 aliphatic rings. The Labute approximate surface area is 343 Å². The number of azo groups is 2. The molecule has 0 N–H and O–H groups in total. The van der Waals surface area contributed by atoms with Crippen LogP contribution in [0, 0.1) is 0 Å². The minimum atomic E-state index is -4.32. The molecule has 284 valence electrons. The molecule has 0 saturated carbocycles. The molecule has 54 heavy (non-hydrogen) atoms. The van der Waals surface area contributed by atoms with E-state index in [0.717, 1.165) is 72.8 Å². The molecule has 0 aliphatic carbocycles. The normalized spacial score (nSPS) is 12.5. The molecule has 0 fully saturated rings. The second-order valence-electron chi connectivity index (χ2n) is 12.9. The molecule has 0 bridgehead atoms. The van der Waals surface area contributed by atoms with E-state index >= 15 is 0 Å². The summed E-state index contributed by atoms with van der Waals surface area (Å²) in [6.07, 6.45) is 11.2. The van der Waals surface area contributed by atoms with Crippen molar-refractivity contribution in [2.45, 2.75) is 90.9 Å². The van der Waals surface area contributed by atoms with Gasteiger partial charge in [0, 0.05) is 0 Å². The second-order valence-corrected chi connectivity index (χ2v) is 14.3. The van der Waals surface area contributed by atoms with E-state index in [-0.39, 0.29) is 42.8 Å². The Kier molecular flexibility index (Phi) is 22.2. The van der Waals surface area contributed by atoms with Crippen molar-refractivity contribution in [1.82, 2.24) is 0 Å². The maximum atomic E-state index is 12.1. The van der Waals surface area contributed by atoms with E-state index < -0.39 is 7.82 Å². The number of hydrogen-bond donors (Lipinski definition) is 0. The molecular weight excluding hydrogens is 710 g/mol. The molecule has 0 radical (unpaired) electrons. The summed E-state index contributed by atoms with van der Waals surface area (Å²) in [5.41, 5.74) is 5.79. The van der Waals surface area contributed by atoms with Gasteiger partial charge < -0.3 is 23.4 Å². The van der Waals surface area contributed by atoms with Crippen LogP contribution < -0.4 is 43.9 Å². The van der Waals surface area contributed by atoms with Crippen LogP contribution in [0.3, 0.4) is 0 Å². The fourth-order valence-corrected chi connectivity index (χ4v) is 5.98. The van der Waals surface area contributed by atoms with Gasteiger partial charge in [-0.2, -0.15) is 20.5 Å². The number of unbranched alkanes of at least 4 members (excludes halogenated alkanes) is 6. The zero-order valence-electron chi connectivity index (χ0n) is 32.2. The number of rotatable bonds is 26. The van der Waals surface area contributed by atoms with Crippen molar-refractivity contribution in [3.63, 3.8) is 0 Å². The van der Waals surface area contributed by atoms with Gasteiger partial charge in [0.05, 0.1) is 49.2 Å². The fraction of sp³-hybridized carbons (Fsp3) is 0.429. The monoisotopic (exact) mass is 764 g/mol. The maximum absolute atomic E-state index is 12.1. The van der Waals surface area contributed by atoms with Crippen LogP contribution in [0.2, 0.25) is 0 Å². The van der Waals surface area contributed by atoms with Crippen molar-refractivity contribution >= 4 is 30.6 Å². The van der Waals surface area contributed by atoms with Crippen LogP contribution in [0.4, 0.5) is 22.7 Å². The van der Waals surface area contributed by atoms with E-state index in [2.05, 4.69) is 58.6 Å². The van der Waals surface area contributed by atoms with Gasteiger partial charge in [-0.05, 0) is 148 Å². The summed E-state index contributed by atoms with van der Waals surface area (Å²) >= 11 is 0. The molecule has 0 aromatic heterocycles. The topological polar surface area (TPSA) is 126 Å². The van der Waals surface area contributed by atoms with Gasteiger partial charge in [-0.25, -0.2) is 0 Å². The van der Waals surface area contributed by atoms with Crippen LogP contribution in [0.25, 0.3) is 0 Å². The fourth-order valence-electron chi connectivity index (χ4n) is 5.20. The first-order chi connectivity index (χ1) is 25.9. The standard InChI is InChI=1S/C42H55N4O6P.Na/c1-3-5-13-35-15-19-37(20-16-35)43-45-39-23-27-41(28-24-39)49-31-9-7-11-33-51-53(47,48)52-34-12-8-10-32-50-42-29-25-40(26-30-42)46-44-38-21-17-36(18-22-38)14-6-4-2;/h15-30H,3-14,31-34H2,1-2H3,(H,47,48);/q;+1/p-1. The summed E-state index contributed by atoms with van der Waals surface area (Å²) in [6.45, 7) is 5.60. The number of aryl methyl sites for hydroxylation is 2. The zero-order valence-corrected chi connectivity index (χ0v) is 35.1. The molecule has 0 amide bonds. The van der Waals surface area contributed by atoms with Gasteiger partial charge in [0.15, 0.2) is 0 Å². The average molecular weight is 765 g/mol. The third-order valence-corrected chi connectivity index (χ3v) is 9.36. The Hall–Kier alpha value is -3.21. The maximum Gasteiger partial charge on any atom is 1.00 e. The molecule has 4 aromatic rings. The summed E-state index contributed by atoms with van der Waals surface area (Å²) in [5.74, 6) is 1.49. The van der Waals surface area contributed by atoms with E-state index in [4.69, 9.17) is 18.5 Å². The minimum Gasteiger partial charge on any atom is -0.756 e. The van der Waals surface area contributed by atoms with Crippen LogP contribution in [-0.4, -0.2) is 26.4 Å². The summed E-state index contributed by atoms with van der Waals surface area (Å²) in [4.78, 5) is 12.1. The number of phosphoric ester groups is 1. The van der Waals surface area contributed by atoms with Gasteiger partial charge in [-0.15, -0.1) is 0 Å². The Balaban J connectivity index is 0.00000784. The van der Waals surface area contributed by atoms with Crippen molar-refractivity contribution in [3.8, 4) is 11.5 Å². The van der Waals surface area contributed by atoms with Crippen molar-refractivity contribution in [2.24, 2.45) is 20.5 Å². The van der Waals surface area contributed by atoms with Gasteiger partial charge in [0.25, 0.3) is 7.82 Å². The zero-order chi connectivity index (χ0) is 37.4. The molecule has 0 spiro atoms.